The van der Waals surface area contributed by atoms with Gasteiger partial charge in [0.05, 0.1) is 18.1 Å². The van der Waals surface area contributed by atoms with Crippen molar-refractivity contribution in [2.24, 2.45) is 0 Å². The maximum absolute atomic E-state index is 4.89. The number of H-pyrrole nitrogens is 1. The Bertz CT molecular complexity index is 868. The standard InChI is InChI=1S/C18H21N5/c1-5-7-13(6-2)16-10-19-18-17(22-16)15(11-23(18)12(3)4)14-8-20-21-9-14/h7-11H,3,5-6H2,1-2,4H3,(H,20,21)/b13-7+. The number of rotatable bonds is 5. The van der Waals surface area contributed by atoms with Gasteiger partial charge in [0.15, 0.2) is 5.65 Å². The van der Waals surface area contributed by atoms with E-state index < -0.39 is 0 Å². The molecule has 0 unspecified atom stereocenters. The van der Waals surface area contributed by atoms with Crippen molar-refractivity contribution in [1.82, 2.24) is 24.7 Å². The predicted octanol–water partition coefficient (Wildman–Crippen LogP) is 4.52. The molecule has 0 aliphatic rings. The molecule has 3 aromatic rings. The van der Waals surface area contributed by atoms with E-state index in [0.717, 1.165) is 46.5 Å². The van der Waals surface area contributed by atoms with Crippen LogP contribution in [0.1, 0.15) is 39.3 Å². The highest BCUT2D eigenvalue weighted by Gasteiger charge is 2.15. The van der Waals surface area contributed by atoms with Crippen molar-refractivity contribution < 1.29 is 0 Å². The van der Waals surface area contributed by atoms with Crippen LogP contribution in [-0.2, 0) is 0 Å². The summed E-state index contributed by atoms with van der Waals surface area (Å²) in [6.07, 6.45) is 11.7. The van der Waals surface area contributed by atoms with Gasteiger partial charge in [0, 0.05) is 29.2 Å². The van der Waals surface area contributed by atoms with Crippen molar-refractivity contribution in [2.75, 3.05) is 0 Å². The summed E-state index contributed by atoms with van der Waals surface area (Å²) in [5.74, 6) is 0. The summed E-state index contributed by atoms with van der Waals surface area (Å²) in [5, 5.41) is 6.91. The van der Waals surface area contributed by atoms with Gasteiger partial charge in [-0.05, 0) is 25.3 Å². The Labute approximate surface area is 135 Å². The first kappa shape index (κ1) is 15.2. The van der Waals surface area contributed by atoms with Gasteiger partial charge < -0.3 is 4.57 Å². The molecule has 1 N–H and O–H groups in total. The molecule has 0 saturated heterocycles. The molecule has 118 valence electrons. The Hall–Kier alpha value is -2.69. The van der Waals surface area contributed by atoms with Crippen LogP contribution in [0.25, 0.3) is 33.6 Å². The van der Waals surface area contributed by atoms with Gasteiger partial charge in [-0.1, -0.05) is 26.5 Å². The zero-order valence-corrected chi connectivity index (χ0v) is 13.8. The molecular formula is C18H21N5. The molecule has 5 nitrogen and oxygen atoms in total. The van der Waals surface area contributed by atoms with Gasteiger partial charge in [0.1, 0.15) is 5.52 Å². The Morgan fingerprint density at radius 2 is 2.17 bits per heavy atom. The van der Waals surface area contributed by atoms with E-state index in [4.69, 9.17) is 4.98 Å². The van der Waals surface area contributed by atoms with Crippen molar-refractivity contribution >= 4 is 22.4 Å². The second-order valence-electron chi connectivity index (χ2n) is 5.55. The first-order valence-electron chi connectivity index (χ1n) is 7.88. The molecule has 3 heterocycles. The Morgan fingerprint density at radius 3 is 2.78 bits per heavy atom. The predicted molar refractivity (Wildman–Crippen MR) is 94.7 cm³/mol. The topological polar surface area (TPSA) is 59.4 Å². The average Bonchev–Trinajstić information content (AvgIpc) is 3.18. The molecule has 3 aromatic heterocycles. The number of aromatic nitrogens is 5. The SMILES string of the molecule is C=C(C)n1cc(-c2cn[nH]c2)c2nc(/C(=C/CC)CC)cnc21. The molecule has 0 fully saturated rings. The van der Waals surface area contributed by atoms with Crippen LogP contribution in [-0.4, -0.2) is 24.7 Å². The normalized spacial score (nSPS) is 12.0. The quantitative estimate of drug-likeness (QED) is 0.754. The molecule has 0 bridgehead atoms. The first-order chi connectivity index (χ1) is 11.2. The fourth-order valence-corrected chi connectivity index (χ4v) is 2.72. The van der Waals surface area contributed by atoms with Crippen LogP contribution in [0.5, 0.6) is 0 Å². The summed E-state index contributed by atoms with van der Waals surface area (Å²) in [5.41, 5.74) is 6.78. The summed E-state index contributed by atoms with van der Waals surface area (Å²) < 4.78 is 1.98. The largest absolute Gasteiger partial charge is 0.304 e. The van der Waals surface area contributed by atoms with Crippen LogP contribution in [0.15, 0.2) is 37.4 Å². The molecule has 3 rings (SSSR count). The smallest absolute Gasteiger partial charge is 0.163 e. The lowest BCUT2D eigenvalue weighted by atomic mass is 10.1. The van der Waals surface area contributed by atoms with Crippen molar-refractivity contribution in [1.29, 1.82) is 0 Å². The van der Waals surface area contributed by atoms with Crippen molar-refractivity contribution in [3.05, 3.63) is 43.1 Å². The second kappa shape index (κ2) is 6.20. The van der Waals surface area contributed by atoms with Gasteiger partial charge in [0.2, 0.25) is 0 Å². The van der Waals surface area contributed by atoms with E-state index in [9.17, 15) is 0 Å². The molecule has 0 aromatic carbocycles. The van der Waals surface area contributed by atoms with E-state index in [0.29, 0.717) is 0 Å². The Morgan fingerprint density at radius 1 is 1.35 bits per heavy atom. The number of fused-ring (bicyclic) bond motifs is 1. The molecule has 0 radical (unpaired) electrons. The fourth-order valence-electron chi connectivity index (χ4n) is 2.72. The van der Waals surface area contributed by atoms with Crippen LogP contribution in [0.3, 0.4) is 0 Å². The highest BCUT2D eigenvalue weighted by Crippen LogP contribution is 2.30. The van der Waals surface area contributed by atoms with Gasteiger partial charge in [-0.25, -0.2) is 9.97 Å². The molecule has 0 spiro atoms. The van der Waals surface area contributed by atoms with Crippen molar-refractivity contribution in [3.8, 4) is 11.1 Å². The molecule has 0 atom stereocenters. The zero-order chi connectivity index (χ0) is 16.4. The summed E-state index contributed by atoms with van der Waals surface area (Å²) >= 11 is 0. The lowest BCUT2D eigenvalue weighted by molar-refractivity contribution is 1.09. The van der Waals surface area contributed by atoms with Gasteiger partial charge in [0.25, 0.3) is 0 Å². The number of allylic oxidation sites excluding steroid dienone is 3. The van der Waals surface area contributed by atoms with Crippen LogP contribution in [0, 0.1) is 0 Å². The minimum absolute atomic E-state index is 0.824. The van der Waals surface area contributed by atoms with Gasteiger partial charge in [-0.2, -0.15) is 5.10 Å². The minimum atomic E-state index is 0.824. The van der Waals surface area contributed by atoms with Gasteiger partial charge >= 0.3 is 0 Å². The minimum Gasteiger partial charge on any atom is -0.304 e. The highest BCUT2D eigenvalue weighted by atomic mass is 15.1. The molecule has 23 heavy (non-hydrogen) atoms. The summed E-state index contributed by atoms with van der Waals surface area (Å²) in [6, 6.07) is 0. The van der Waals surface area contributed by atoms with Crippen LogP contribution in [0.4, 0.5) is 0 Å². The van der Waals surface area contributed by atoms with Crippen molar-refractivity contribution in [2.45, 2.75) is 33.6 Å². The Balaban J connectivity index is 2.26. The maximum atomic E-state index is 4.89. The van der Waals surface area contributed by atoms with Crippen molar-refractivity contribution in [3.63, 3.8) is 0 Å². The third-order valence-corrected chi connectivity index (χ3v) is 3.88. The van der Waals surface area contributed by atoms with E-state index in [1.807, 2.05) is 30.1 Å². The van der Waals surface area contributed by atoms with Crippen LogP contribution < -0.4 is 0 Å². The molecule has 0 aliphatic heterocycles. The monoisotopic (exact) mass is 307 g/mol. The second-order valence-corrected chi connectivity index (χ2v) is 5.55. The summed E-state index contributed by atoms with van der Waals surface area (Å²) in [6.45, 7) is 10.3. The summed E-state index contributed by atoms with van der Waals surface area (Å²) in [4.78, 5) is 9.54. The molecule has 0 amide bonds. The molecule has 5 heteroatoms. The van der Waals surface area contributed by atoms with Crippen LogP contribution >= 0.6 is 0 Å². The van der Waals surface area contributed by atoms with E-state index in [2.05, 4.69) is 41.7 Å². The molecule has 0 saturated carbocycles. The Kier molecular flexibility index (Phi) is 4.10. The van der Waals surface area contributed by atoms with Gasteiger partial charge in [-0.3, -0.25) is 5.10 Å². The highest BCUT2D eigenvalue weighted by molar-refractivity contribution is 5.93. The van der Waals surface area contributed by atoms with Gasteiger partial charge in [-0.15, -0.1) is 0 Å². The zero-order valence-electron chi connectivity index (χ0n) is 13.8. The third-order valence-electron chi connectivity index (χ3n) is 3.88. The molecule has 0 aliphatic carbocycles. The number of nitrogens with one attached hydrogen (secondary N) is 1. The van der Waals surface area contributed by atoms with Crippen LogP contribution in [0.2, 0.25) is 0 Å². The number of aromatic amines is 1. The van der Waals surface area contributed by atoms with E-state index in [-0.39, 0.29) is 0 Å². The third kappa shape index (κ3) is 2.70. The lowest BCUT2D eigenvalue weighted by Crippen LogP contribution is -1.96. The fraction of sp³-hybridized carbons (Fsp3) is 0.278. The maximum Gasteiger partial charge on any atom is 0.163 e. The molecular weight excluding hydrogens is 286 g/mol. The van der Waals surface area contributed by atoms with E-state index in [1.165, 1.54) is 5.57 Å². The lowest BCUT2D eigenvalue weighted by Gasteiger charge is -2.06. The van der Waals surface area contributed by atoms with E-state index >= 15 is 0 Å². The number of hydrogen-bond acceptors (Lipinski definition) is 3. The first-order valence-corrected chi connectivity index (χ1v) is 7.88. The summed E-state index contributed by atoms with van der Waals surface area (Å²) in [7, 11) is 0. The number of hydrogen-bond donors (Lipinski definition) is 1. The van der Waals surface area contributed by atoms with E-state index in [1.54, 1.807) is 6.20 Å². The number of nitrogens with zero attached hydrogens (tertiary/aromatic N) is 4. The average molecular weight is 307 g/mol.